The second-order valence-electron chi connectivity index (χ2n) is 5.27. The van der Waals surface area contributed by atoms with Gasteiger partial charge in [-0.25, -0.2) is 0 Å². The predicted molar refractivity (Wildman–Crippen MR) is 88.7 cm³/mol. The molecule has 2 nitrogen and oxygen atoms in total. The van der Waals surface area contributed by atoms with E-state index >= 15 is 0 Å². The lowest BCUT2D eigenvalue weighted by Gasteiger charge is -2.12. The first kappa shape index (κ1) is 14.9. The SMILES string of the molecule is C=Cc1cc(O)c(C)cc1Cc1cc(C)c(O)c(C=C)c1. The molecule has 108 valence electrons. The molecule has 2 aromatic rings. The summed E-state index contributed by atoms with van der Waals surface area (Å²) in [6.07, 6.45) is 4.11. The summed E-state index contributed by atoms with van der Waals surface area (Å²) in [5, 5.41) is 19.7. The van der Waals surface area contributed by atoms with Crippen LogP contribution in [0, 0.1) is 13.8 Å². The molecule has 0 aliphatic carbocycles. The van der Waals surface area contributed by atoms with Gasteiger partial charge in [-0.05, 0) is 60.2 Å². The molecule has 2 heteroatoms. The third-order valence-corrected chi connectivity index (χ3v) is 3.68. The van der Waals surface area contributed by atoms with Gasteiger partial charge in [-0.3, -0.25) is 0 Å². The lowest BCUT2D eigenvalue weighted by Crippen LogP contribution is -1.95. The summed E-state index contributed by atoms with van der Waals surface area (Å²) in [7, 11) is 0. The van der Waals surface area contributed by atoms with Crippen molar-refractivity contribution >= 4 is 12.2 Å². The number of phenolic OH excluding ortho intramolecular Hbond substituents is 2. The summed E-state index contributed by atoms with van der Waals surface area (Å²) in [4.78, 5) is 0. The average molecular weight is 280 g/mol. The van der Waals surface area contributed by atoms with Crippen molar-refractivity contribution in [1.29, 1.82) is 0 Å². The standard InChI is InChI=1S/C19H20O2/c1-5-15-11-18(20)12(3)8-17(15)10-14-7-13(4)19(21)16(6-2)9-14/h5-9,11,20-21H,1-2,10H2,3-4H3. The first-order valence-corrected chi connectivity index (χ1v) is 6.86. The van der Waals surface area contributed by atoms with Crippen LogP contribution in [0.25, 0.3) is 12.2 Å². The molecule has 0 bridgehead atoms. The summed E-state index contributed by atoms with van der Waals surface area (Å²) < 4.78 is 0. The summed E-state index contributed by atoms with van der Waals surface area (Å²) in [5.74, 6) is 0.557. The predicted octanol–water partition coefficient (Wildman–Crippen LogP) is 4.59. The Morgan fingerprint density at radius 1 is 0.905 bits per heavy atom. The van der Waals surface area contributed by atoms with Crippen molar-refractivity contribution in [3.63, 3.8) is 0 Å². The Hall–Kier alpha value is -2.48. The van der Waals surface area contributed by atoms with E-state index in [0.29, 0.717) is 6.42 Å². The minimum atomic E-state index is 0.277. The Morgan fingerprint density at radius 2 is 1.57 bits per heavy atom. The zero-order chi connectivity index (χ0) is 15.6. The van der Waals surface area contributed by atoms with E-state index in [9.17, 15) is 10.2 Å². The Kier molecular flexibility index (Phi) is 4.18. The van der Waals surface area contributed by atoms with E-state index in [2.05, 4.69) is 13.2 Å². The second-order valence-corrected chi connectivity index (χ2v) is 5.27. The van der Waals surface area contributed by atoms with Crippen LogP contribution < -0.4 is 0 Å². The molecule has 0 atom stereocenters. The Balaban J connectivity index is 2.47. The number of phenols is 2. The molecule has 2 rings (SSSR count). The topological polar surface area (TPSA) is 40.5 Å². The first-order valence-electron chi connectivity index (χ1n) is 6.86. The molecular formula is C19H20O2. The van der Waals surface area contributed by atoms with Gasteiger partial charge in [0.2, 0.25) is 0 Å². The van der Waals surface area contributed by atoms with Gasteiger partial charge < -0.3 is 10.2 Å². The average Bonchev–Trinajstić information content (AvgIpc) is 2.46. The first-order chi connectivity index (χ1) is 9.96. The number of aryl methyl sites for hydroxylation is 2. The molecule has 0 saturated carbocycles. The Labute approximate surface area is 125 Å². The van der Waals surface area contributed by atoms with Crippen molar-refractivity contribution in [3.05, 3.63) is 70.8 Å². The largest absolute Gasteiger partial charge is 0.508 e. The fourth-order valence-electron chi connectivity index (χ4n) is 2.48. The van der Waals surface area contributed by atoms with Crippen LogP contribution in [0.4, 0.5) is 0 Å². The van der Waals surface area contributed by atoms with Crippen LogP contribution >= 0.6 is 0 Å². The van der Waals surface area contributed by atoms with Gasteiger partial charge in [-0.2, -0.15) is 0 Å². The maximum atomic E-state index is 9.95. The molecule has 2 aromatic carbocycles. The highest BCUT2D eigenvalue weighted by atomic mass is 16.3. The highest BCUT2D eigenvalue weighted by molar-refractivity contribution is 5.61. The Morgan fingerprint density at radius 3 is 2.19 bits per heavy atom. The maximum Gasteiger partial charge on any atom is 0.125 e. The summed E-state index contributed by atoms with van der Waals surface area (Å²) in [5.41, 5.74) is 5.52. The normalized spacial score (nSPS) is 10.4. The number of aromatic hydroxyl groups is 2. The van der Waals surface area contributed by atoms with Gasteiger partial charge in [0.25, 0.3) is 0 Å². The smallest absolute Gasteiger partial charge is 0.125 e. The lowest BCUT2D eigenvalue weighted by molar-refractivity contribution is 0.469. The maximum absolute atomic E-state index is 9.95. The molecule has 0 saturated heterocycles. The van der Waals surface area contributed by atoms with E-state index in [-0.39, 0.29) is 11.5 Å². The van der Waals surface area contributed by atoms with E-state index < -0.39 is 0 Å². The number of hydrogen-bond acceptors (Lipinski definition) is 2. The van der Waals surface area contributed by atoms with E-state index in [0.717, 1.165) is 33.4 Å². The van der Waals surface area contributed by atoms with Gasteiger partial charge in [0.1, 0.15) is 11.5 Å². The Bertz CT molecular complexity index is 712. The van der Waals surface area contributed by atoms with Crippen molar-refractivity contribution in [3.8, 4) is 11.5 Å². The number of rotatable bonds is 4. The van der Waals surface area contributed by atoms with Crippen LogP contribution in [0.1, 0.15) is 33.4 Å². The van der Waals surface area contributed by atoms with Crippen LogP contribution in [-0.2, 0) is 6.42 Å². The van der Waals surface area contributed by atoms with Crippen molar-refractivity contribution in [2.24, 2.45) is 0 Å². The molecule has 0 aromatic heterocycles. The molecule has 2 N–H and O–H groups in total. The zero-order valence-electron chi connectivity index (χ0n) is 12.5. The molecule has 21 heavy (non-hydrogen) atoms. The van der Waals surface area contributed by atoms with E-state index in [1.165, 1.54) is 0 Å². The van der Waals surface area contributed by atoms with Gasteiger partial charge in [0, 0.05) is 5.56 Å². The molecule has 0 heterocycles. The van der Waals surface area contributed by atoms with Crippen molar-refractivity contribution in [2.75, 3.05) is 0 Å². The highest BCUT2D eigenvalue weighted by Gasteiger charge is 2.09. The van der Waals surface area contributed by atoms with E-state index in [4.69, 9.17) is 0 Å². The zero-order valence-corrected chi connectivity index (χ0v) is 12.5. The van der Waals surface area contributed by atoms with Gasteiger partial charge in [-0.1, -0.05) is 37.4 Å². The molecule has 0 spiro atoms. The molecule has 0 fully saturated rings. The minimum Gasteiger partial charge on any atom is -0.508 e. The number of benzene rings is 2. The molecule has 0 aliphatic heterocycles. The van der Waals surface area contributed by atoms with E-state index in [1.54, 1.807) is 18.2 Å². The van der Waals surface area contributed by atoms with Gasteiger partial charge in [0.05, 0.1) is 0 Å². The van der Waals surface area contributed by atoms with Crippen LogP contribution in [0.3, 0.4) is 0 Å². The van der Waals surface area contributed by atoms with Gasteiger partial charge in [0.15, 0.2) is 0 Å². The quantitative estimate of drug-likeness (QED) is 0.859. The lowest BCUT2D eigenvalue weighted by atomic mass is 9.95. The van der Waals surface area contributed by atoms with Crippen molar-refractivity contribution < 1.29 is 10.2 Å². The molecule has 0 unspecified atom stereocenters. The molecular weight excluding hydrogens is 260 g/mol. The summed E-state index contributed by atoms with van der Waals surface area (Å²) >= 11 is 0. The summed E-state index contributed by atoms with van der Waals surface area (Å²) in [6, 6.07) is 7.61. The van der Waals surface area contributed by atoms with Crippen LogP contribution in [0.5, 0.6) is 11.5 Å². The monoisotopic (exact) mass is 280 g/mol. The highest BCUT2D eigenvalue weighted by Crippen LogP contribution is 2.28. The van der Waals surface area contributed by atoms with Crippen LogP contribution in [-0.4, -0.2) is 10.2 Å². The summed E-state index contributed by atoms with van der Waals surface area (Å²) in [6.45, 7) is 11.3. The second kappa shape index (κ2) is 5.88. The number of hydrogen-bond donors (Lipinski definition) is 2. The van der Waals surface area contributed by atoms with Crippen molar-refractivity contribution in [2.45, 2.75) is 20.3 Å². The van der Waals surface area contributed by atoms with Crippen LogP contribution in [0.2, 0.25) is 0 Å². The fraction of sp³-hybridized carbons (Fsp3) is 0.158. The molecule has 0 amide bonds. The van der Waals surface area contributed by atoms with Crippen LogP contribution in [0.15, 0.2) is 37.4 Å². The van der Waals surface area contributed by atoms with Gasteiger partial charge in [-0.15, -0.1) is 0 Å². The molecule has 0 aliphatic rings. The van der Waals surface area contributed by atoms with Crippen molar-refractivity contribution in [1.82, 2.24) is 0 Å². The minimum absolute atomic E-state index is 0.277. The third-order valence-electron chi connectivity index (χ3n) is 3.68. The third kappa shape index (κ3) is 3.00. The molecule has 0 radical (unpaired) electrons. The fourth-order valence-corrected chi connectivity index (χ4v) is 2.48. The van der Waals surface area contributed by atoms with E-state index in [1.807, 2.05) is 32.0 Å². The van der Waals surface area contributed by atoms with Gasteiger partial charge >= 0.3 is 0 Å².